The Morgan fingerprint density at radius 3 is 2.19 bits per heavy atom. The molecule has 1 saturated carbocycles. The minimum absolute atomic E-state index is 0.279. The first kappa shape index (κ1) is 17.6. The molecule has 1 fully saturated rings. The van der Waals surface area contributed by atoms with E-state index in [9.17, 15) is 25.3 Å². The van der Waals surface area contributed by atoms with Gasteiger partial charge in [0, 0.05) is 11.3 Å². The zero-order valence-corrected chi connectivity index (χ0v) is 13.8. The quantitative estimate of drug-likeness (QED) is 0.639. The van der Waals surface area contributed by atoms with Crippen LogP contribution in [0.2, 0.25) is 0 Å². The third-order valence-corrected chi connectivity index (χ3v) is 5.18. The van der Waals surface area contributed by atoms with E-state index in [-0.39, 0.29) is 5.56 Å². The molecule has 2 aromatic rings. The summed E-state index contributed by atoms with van der Waals surface area (Å²) in [7, 11) is 0. The monoisotopic (exact) mass is 351 g/mol. The van der Waals surface area contributed by atoms with E-state index in [2.05, 4.69) is 0 Å². The second-order valence-electron chi connectivity index (χ2n) is 6.53. The number of rotatable bonds is 4. The van der Waals surface area contributed by atoms with Crippen molar-refractivity contribution in [2.45, 2.75) is 24.0 Å². The van der Waals surface area contributed by atoms with Crippen molar-refractivity contribution in [2.24, 2.45) is 11.1 Å². The first-order valence-corrected chi connectivity index (χ1v) is 8.04. The third-order valence-electron chi connectivity index (χ3n) is 5.18. The summed E-state index contributed by atoms with van der Waals surface area (Å²) >= 11 is 0. The first-order valence-electron chi connectivity index (χ1n) is 8.04. The number of benzene rings is 2. The number of carbonyl (C=O) groups excluding carboxylic acids is 1. The molecule has 0 heterocycles. The molecule has 7 nitrogen and oxygen atoms in total. The minimum Gasteiger partial charge on any atom is -0.378 e. The number of hydrogen-bond donors (Lipinski definition) is 2. The fraction of sp³-hybridized carbons (Fsp3) is 0.263. The second kappa shape index (κ2) is 6.24. The van der Waals surface area contributed by atoms with Gasteiger partial charge in [0.05, 0.1) is 12.0 Å². The van der Waals surface area contributed by atoms with Crippen molar-refractivity contribution < 1.29 is 14.8 Å². The van der Waals surface area contributed by atoms with Crippen LogP contribution in [0.1, 0.15) is 23.5 Å². The zero-order chi connectivity index (χ0) is 18.9. The lowest BCUT2D eigenvalue weighted by atomic mass is 9.74. The van der Waals surface area contributed by atoms with Gasteiger partial charge in [-0.05, 0) is 11.1 Å². The van der Waals surface area contributed by atoms with Gasteiger partial charge in [0.1, 0.15) is 0 Å². The van der Waals surface area contributed by atoms with Gasteiger partial charge in [-0.1, -0.05) is 60.7 Å². The molecule has 2 aromatic carbocycles. The van der Waals surface area contributed by atoms with Gasteiger partial charge < -0.3 is 10.8 Å². The molecule has 1 aliphatic rings. The first-order chi connectivity index (χ1) is 12.4. The summed E-state index contributed by atoms with van der Waals surface area (Å²) in [6.45, 7) is 0. The van der Waals surface area contributed by atoms with Gasteiger partial charge in [-0.2, -0.15) is 5.26 Å². The third kappa shape index (κ3) is 2.43. The molecule has 1 aliphatic carbocycles. The van der Waals surface area contributed by atoms with Crippen molar-refractivity contribution >= 4 is 5.91 Å². The van der Waals surface area contributed by atoms with Crippen LogP contribution in [-0.4, -0.2) is 22.0 Å². The maximum absolute atomic E-state index is 12.3. The number of amides is 1. The molecule has 3 rings (SSSR count). The van der Waals surface area contributed by atoms with Gasteiger partial charge in [-0.15, -0.1) is 0 Å². The molecule has 0 aliphatic heterocycles. The molecular weight excluding hydrogens is 334 g/mol. The van der Waals surface area contributed by atoms with Crippen LogP contribution in [0.15, 0.2) is 60.7 Å². The molecule has 0 spiro atoms. The normalized spacial score (nSPS) is 30.5. The van der Waals surface area contributed by atoms with Crippen molar-refractivity contribution in [2.75, 3.05) is 0 Å². The van der Waals surface area contributed by atoms with Crippen LogP contribution in [0.4, 0.5) is 0 Å². The summed E-state index contributed by atoms with van der Waals surface area (Å²) in [5.41, 5.74) is 2.33. The molecule has 7 heteroatoms. The predicted molar refractivity (Wildman–Crippen MR) is 92.2 cm³/mol. The average Bonchev–Trinajstić information content (AvgIpc) is 2.94. The van der Waals surface area contributed by atoms with Gasteiger partial charge in [-0.3, -0.25) is 14.9 Å². The lowest BCUT2D eigenvalue weighted by molar-refractivity contribution is -0.547. The van der Waals surface area contributed by atoms with Crippen LogP contribution in [-0.2, 0) is 10.4 Å². The Balaban J connectivity index is 2.30. The maximum Gasteiger partial charge on any atom is 0.254 e. The molecule has 0 radical (unpaired) electrons. The Morgan fingerprint density at radius 2 is 1.73 bits per heavy atom. The zero-order valence-electron chi connectivity index (χ0n) is 13.8. The van der Waals surface area contributed by atoms with Crippen molar-refractivity contribution in [3.8, 4) is 6.07 Å². The smallest absolute Gasteiger partial charge is 0.254 e. The number of nitriles is 1. The Bertz CT molecular complexity index is 881. The number of primary amides is 1. The van der Waals surface area contributed by atoms with Crippen molar-refractivity contribution in [1.82, 2.24) is 0 Å². The summed E-state index contributed by atoms with van der Waals surface area (Å²) in [5.74, 6) is -2.15. The fourth-order valence-electron chi connectivity index (χ4n) is 4.01. The summed E-state index contributed by atoms with van der Waals surface area (Å²) in [5, 5.41) is 33.1. The second-order valence-corrected chi connectivity index (χ2v) is 6.53. The Hall–Kier alpha value is -3.24. The van der Waals surface area contributed by atoms with Crippen LogP contribution in [0.3, 0.4) is 0 Å². The highest BCUT2D eigenvalue weighted by molar-refractivity contribution is 5.86. The predicted octanol–water partition coefficient (Wildman–Crippen LogP) is 1.70. The molecule has 3 N–H and O–H groups in total. The van der Waals surface area contributed by atoms with E-state index in [4.69, 9.17) is 5.73 Å². The van der Waals surface area contributed by atoms with Crippen LogP contribution in [0.5, 0.6) is 0 Å². The van der Waals surface area contributed by atoms with Gasteiger partial charge >= 0.3 is 0 Å². The molecule has 0 bridgehead atoms. The Morgan fingerprint density at radius 1 is 1.19 bits per heavy atom. The largest absolute Gasteiger partial charge is 0.378 e. The van der Waals surface area contributed by atoms with Crippen LogP contribution >= 0.6 is 0 Å². The highest BCUT2D eigenvalue weighted by atomic mass is 16.6. The van der Waals surface area contributed by atoms with E-state index in [1.807, 2.05) is 6.07 Å². The molecule has 4 atom stereocenters. The Kier molecular flexibility index (Phi) is 4.22. The van der Waals surface area contributed by atoms with Gasteiger partial charge in [0.25, 0.3) is 6.04 Å². The standard InChI is InChI=1S/C19H17N3O4/c20-12-18(17(21)23)11-19(24,14-9-5-2-6-10-14)16(22(25)26)15(18)13-7-3-1-4-8-13/h1-10,15-16,24H,11H2,(H2,21,23)/t15-,16-,18-,19-/m0/s1. The van der Waals surface area contributed by atoms with Crippen LogP contribution in [0.25, 0.3) is 0 Å². The van der Waals surface area contributed by atoms with E-state index in [1.165, 1.54) is 0 Å². The van der Waals surface area contributed by atoms with Gasteiger partial charge in [0.15, 0.2) is 11.0 Å². The highest BCUT2D eigenvalue weighted by Crippen LogP contribution is 2.58. The molecular formula is C19H17N3O4. The summed E-state index contributed by atoms with van der Waals surface area (Å²) in [6.07, 6.45) is -0.443. The lowest BCUT2D eigenvalue weighted by Gasteiger charge is -2.26. The van der Waals surface area contributed by atoms with Crippen molar-refractivity contribution in [1.29, 1.82) is 5.26 Å². The minimum atomic E-state index is -2.00. The summed E-state index contributed by atoms with van der Waals surface area (Å²) in [4.78, 5) is 23.7. The number of nitrogens with zero attached hydrogens (tertiary/aromatic N) is 2. The molecule has 132 valence electrons. The van der Waals surface area contributed by atoms with E-state index in [0.29, 0.717) is 5.56 Å². The molecule has 1 amide bonds. The number of aliphatic hydroxyl groups is 1. The van der Waals surface area contributed by atoms with E-state index >= 15 is 0 Å². The fourth-order valence-corrected chi connectivity index (χ4v) is 4.01. The maximum atomic E-state index is 12.3. The topological polar surface area (TPSA) is 130 Å². The summed E-state index contributed by atoms with van der Waals surface area (Å²) in [6, 6.07) is 16.6. The number of nitrogens with two attached hydrogens (primary N) is 1. The van der Waals surface area contributed by atoms with Crippen LogP contribution in [0, 0.1) is 26.9 Å². The molecule has 0 unspecified atom stereocenters. The molecule has 0 aromatic heterocycles. The summed E-state index contributed by atoms with van der Waals surface area (Å²) < 4.78 is 0. The SMILES string of the molecule is N#C[C@@]1(C(N)=O)C[C@](O)(c2ccccc2)[C@@H]([N+](=O)[O-])[C@@H]1c1ccccc1. The highest BCUT2D eigenvalue weighted by Gasteiger charge is 2.70. The molecule has 26 heavy (non-hydrogen) atoms. The van der Waals surface area contributed by atoms with Crippen molar-refractivity contribution in [3.05, 3.63) is 81.9 Å². The Labute approximate surface area is 149 Å². The average molecular weight is 351 g/mol. The van der Waals surface area contributed by atoms with Crippen LogP contribution < -0.4 is 5.73 Å². The van der Waals surface area contributed by atoms with E-state index in [1.54, 1.807) is 60.7 Å². The number of hydrogen-bond acceptors (Lipinski definition) is 5. The molecule has 0 saturated heterocycles. The van der Waals surface area contributed by atoms with Gasteiger partial charge in [0.2, 0.25) is 5.91 Å². The van der Waals surface area contributed by atoms with E-state index in [0.717, 1.165) is 0 Å². The number of carbonyl (C=O) groups is 1. The van der Waals surface area contributed by atoms with Gasteiger partial charge in [-0.25, -0.2) is 0 Å². The van der Waals surface area contributed by atoms with Crippen molar-refractivity contribution in [3.63, 3.8) is 0 Å². The lowest BCUT2D eigenvalue weighted by Crippen LogP contribution is -2.43. The number of nitro groups is 1. The van der Waals surface area contributed by atoms with E-state index < -0.39 is 40.2 Å².